The maximum atomic E-state index is 12.0. The van der Waals surface area contributed by atoms with E-state index < -0.39 is 0 Å². The smallest absolute Gasteiger partial charge is 0.251 e. The van der Waals surface area contributed by atoms with Gasteiger partial charge in [0, 0.05) is 5.56 Å². The average Bonchev–Trinajstić information content (AvgIpc) is 2.55. The lowest BCUT2D eigenvalue weighted by molar-refractivity contribution is 0.0946. The van der Waals surface area contributed by atoms with Crippen molar-refractivity contribution >= 4 is 5.91 Å². The standard InChI is InChI=1S/C18H21NO3/c1-13-6-4-9-17(14(13)2)22-11-10-19-18(20)15-7-5-8-16(12-15)21-3/h4-9,12H,10-11H2,1-3H3,(H,19,20). The summed E-state index contributed by atoms with van der Waals surface area (Å²) in [6.45, 7) is 4.95. The molecule has 0 aliphatic heterocycles. The van der Waals surface area contributed by atoms with Crippen molar-refractivity contribution in [2.75, 3.05) is 20.3 Å². The summed E-state index contributed by atoms with van der Waals surface area (Å²) >= 11 is 0. The molecule has 2 rings (SSSR count). The first-order chi connectivity index (χ1) is 10.6. The second-order valence-electron chi connectivity index (χ2n) is 5.03. The van der Waals surface area contributed by atoms with Crippen LogP contribution in [-0.4, -0.2) is 26.2 Å². The molecule has 2 aromatic carbocycles. The van der Waals surface area contributed by atoms with Crippen LogP contribution in [0, 0.1) is 13.8 Å². The number of ether oxygens (including phenoxy) is 2. The van der Waals surface area contributed by atoms with Gasteiger partial charge in [0.15, 0.2) is 0 Å². The molecule has 0 atom stereocenters. The summed E-state index contributed by atoms with van der Waals surface area (Å²) < 4.78 is 10.8. The summed E-state index contributed by atoms with van der Waals surface area (Å²) in [5.41, 5.74) is 2.89. The molecule has 0 radical (unpaired) electrons. The monoisotopic (exact) mass is 299 g/mol. The van der Waals surface area contributed by atoms with Gasteiger partial charge in [-0.25, -0.2) is 0 Å². The molecule has 0 aliphatic carbocycles. The summed E-state index contributed by atoms with van der Waals surface area (Å²) in [6, 6.07) is 13.0. The molecule has 116 valence electrons. The van der Waals surface area contributed by atoms with E-state index in [0.29, 0.717) is 24.5 Å². The van der Waals surface area contributed by atoms with E-state index in [1.165, 1.54) is 5.56 Å². The van der Waals surface area contributed by atoms with Gasteiger partial charge in [0.1, 0.15) is 18.1 Å². The summed E-state index contributed by atoms with van der Waals surface area (Å²) in [6.07, 6.45) is 0. The van der Waals surface area contributed by atoms with Crippen molar-refractivity contribution in [1.29, 1.82) is 0 Å². The molecule has 0 fully saturated rings. The van der Waals surface area contributed by atoms with Gasteiger partial charge in [0.05, 0.1) is 13.7 Å². The number of benzene rings is 2. The van der Waals surface area contributed by atoms with Gasteiger partial charge in [-0.2, -0.15) is 0 Å². The number of rotatable bonds is 6. The van der Waals surface area contributed by atoms with E-state index in [2.05, 4.69) is 5.32 Å². The van der Waals surface area contributed by atoms with Crippen molar-refractivity contribution in [1.82, 2.24) is 5.32 Å². The Morgan fingerprint density at radius 1 is 1.14 bits per heavy atom. The van der Waals surface area contributed by atoms with Crippen molar-refractivity contribution < 1.29 is 14.3 Å². The quantitative estimate of drug-likeness (QED) is 0.834. The first-order valence-corrected chi connectivity index (χ1v) is 7.23. The maximum Gasteiger partial charge on any atom is 0.251 e. The number of nitrogens with one attached hydrogen (secondary N) is 1. The number of carbonyl (C=O) groups is 1. The van der Waals surface area contributed by atoms with Crippen molar-refractivity contribution in [3.63, 3.8) is 0 Å². The molecule has 0 bridgehead atoms. The van der Waals surface area contributed by atoms with Gasteiger partial charge in [-0.05, 0) is 49.2 Å². The Morgan fingerprint density at radius 3 is 2.68 bits per heavy atom. The van der Waals surface area contributed by atoms with E-state index in [9.17, 15) is 4.79 Å². The van der Waals surface area contributed by atoms with Crippen LogP contribution >= 0.6 is 0 Å². The molecule has 0 aromatic heterocycles. The van der Waals surface area contributed by atoms with E-state index >= 15 is 0 Å². The van der Waals surface area contributed by atoms with Crippen molar-refractivity contribution in [3.05, 3.63) is 59.2 Å². The number of methoxy groups -OCH3 is 1. The van der Waals surface area contributed by atoms with Crippen LogP contribution in [0.2, 0.25) is 0 Å². The van der Waals surface area contributed by atoms with E-state index in [-0.39, 0.29) is 5.91 Å². The zero-order valence-corrected chi connectivity index (χ0v) is 13.2. The van der Waals surface area contributed by atoms with E-state index in [1.54, 1.807) is 31.4 Å². The first kappa shape index (κ1) is 15.9. The molecule has 0 spiro atoms. The third-order valence-corrected chi connectivity index (χ3v) is 3.53. The number of amides is 1. The topological polar surface area (TPSA) is 47.6 Å². The molecule has 0 saturated carbocycles. The van der Waals surface area contributed by atoms with Crippen LogP contribution < -0.4 is 14.8 Å². The largest absolute Gasteiger partial charge is 0.497 e. The molecule has 1 amide bonds. The molecular formula is C18H21NO3. The van der Waals surface area contributed by atoms with Gasteiger partial charge >= 0.3 is 0 Å². The number of hydrogen-bond donors (Lipinski definition) is 1. The fourth-order valence-corrected chi connectivity index (χ4v) is 2.07. The predicted molar refractivity (Wildman–Crippen MR) is 86.7 cm³/mol. The molecule has 4 nitrogen and oxygen atoms in total. The molecule has 2 aromatic rings. The van der Waals surface area contributed by atoms with Crippen LogP contribution in [0.25, 0.3) is 0 Å². The molecule has 0 heterocycles. The van der Waals surface area contributed by atoms with Crippen LogP contribution in [0.1, 0.15) is 21.5 Å². The molecule has 22 heavy (non-hydrogen) atoms. The van der Waals surface area contributed by atoms with Gasteiger partial charge in [0.25, 0.3) is 5.91 Å². The first-order valence-electron chi connectivity index (χ1n) is 7.23. The fourth-order valence-electron chi connectivity index (χ4n) is 2.07. The highest BCUT2D eigenvalue weighted by Crippen LogP contribution is 2.20. The Kier molecular flexibility index (Phi) is 5.42. The molecule has 1 N–H and O–H groups in total. The minimum Gasteiger partial charge on any atom is -0.497 e. The van der Waals surface area contributed by atoms with E-state index in [4.69, 9.17) is 9.47 Å². The van der Waals surface area contributed by atoms with E-state index in [1.807, 2.05) is 32.0 Å². The number of carbonyl (C=O) groups excluding carboxylic acids is 1. The van der Waals surface area contributed by atoms with Crippen LogP contribution in [0.3, 0.4) is 0 Å². The lowest BCUT2D eigenvalue weighted by atomic mass is 10.1. The summed E-state index contributed by atoms with van der Waals surface area (Å²) in [5.74, 6) is 1.39. The highest BCUT2D eigenvalue weighted by molar-refractivity contribution is 5.94. The zero-order valence-electron chi connectivity index (χ0n) is 13.2. The highest BCUT2D eigenvalue weighted by Gasteiger charge is 2.06. The van der Waals surface area contributed by atoms with Gasteiger partial charge in [-0.15, -0.1) is 0 Å². The molecule has 0 saturated heterocycles. The van der Waals surface area contributed by atoms with Gasteiger partial charge in [-0.3, -0.25) is 4.79 Å². The lowest BCUT2D eigenvalue weighted by Crippen LogP contribution is -2.28. The molecule has 0 unspecified atom stereocenters. The van der Waals surface area contributed by atoms with Crippen LogP contribution in [-0.2, 0) is 0 Å². The van der Waals surface area contributed by atoms with Gasteiger partial charge in [0.2, 0.25) is 0 Å². The van der Waals surface area contributed by atoms with Gasteiger partial charge < -0.3 is 14.8 Å². The second kappa shape index (κ2) is 7.50. The SMILES string of the molecule is COc1cccc(C(=O)NCCOc2cccc(C)c2C)c1. The third-order valence-electron chi connectivity index (χ3n) is 3.53. The summed E-state index contributed by atoms with van der Waals surface area (Å²) in [4.78, 5) is 12.0. The van der Waals surface area contributed by atoms with Crippen LogP contribution in [0.15, 0.2) is 42.5 Å². The summed E-state index contributed by atoms with van der Waals surface area (Å²) in [7, 11) is 1.58. The Labute approximate surface area is 131 Å². The second-order valence-corrected chi connectivity index (χ2v) is 5.03. The number of aryl methyl sites for hydroxylation is 1. The zero-order chi connectivity index (χ0) is 15.9. The van der Waals surface area contributed by atoms with E-state index in [0.717, 1.165) is 11.3 Å². The normalized spacial score (nSPS) is 10.1. The Morgan fingerprint density at radius 2 is 1.91 bits per heavy atom. The Balaban J connectivity index is 1.83. The number of hydrogen-bond acceptors (Lipinski definition) is 3. The van der Waals surface area contributed by atoms with Crippen molar-refractivity contribution in [2.45, 2.75) is 13.8 Å². The Bertz CT molecular complexity index is 653. The van der Waals surface area contributed by atoms with Crippen LogP contribution in [0.4, 0.5) is 0 Å². The van der Waals surface area contributed by atoms with Crippen LogP contribution in [0.5, 0.6) is 11.5 Å². The van der Waals surface area contributed by atoms with Crippen molar-refractivity contribution in [3.8, 4) is 11.5 Å². The summed E-state index contributed by atoms with van der Waals surface area (Å²) in [5, 5.41) is 2.84. The molecular weight excluding hydrogens is 278 g/mol. The Hall–Kier alpha value is -2.49. The minimum absolute atomic E-state index is 0.136. The fraction of sp³-hybridized carbons (Fsp3) is 0.278. The molecule has 0 aliphatic rings. The predicted octanol–water partition coefficient (Wildman–Crippen LogP) is 3.12. The highest BCUT2D eigenvalue weighted by atomic mass is 16.5. The average molecular weight is 299 g/mol. The maximum absolute atomic E-state index is 12.0. The van der Waals surface area contributed by atoms with Crippen molar-refractivity contribution in [2.24, 2.45) is 0 Å². The molecule has 4 heteroatoms. The van der Waals surface area contributed by atoms with Gasteiger partial charge in [-0.1, -0.05) is 18.2 Å². The minimum atomic E-state index is -0.136. The third kappa shape index (κ3) is 4.01. The lowest BCUT2D eigenvalue weighted by Gasteiger charge is -2.11.